The molecule has 1 heterocycles. The summed E-state index contributed by atoms with van der Waals surface area (Å²) in [6, 6.07) is 7.75. The summed E-state index contributed by atoms with van der Waals surface area (Å²) in [4.78, 5) is 26.3. The molecule has 1 aliphatic heterocycles. The number of likely N-dealkylation sites (tertiary alicyclic amines) is 1. The smallest absolute Gasteiger partial charge is 0.317 e. The van der Waals surface area contributed by atoms with Gasteiger partial charge in [-0.05, 0) is 25.7 Å². The maximum absolute atomic E-state index is 12.5. The number of amides is 2. The van der Waals surface area contributed by atoms with Crippen LogP contribution >= 0.6 is 0 Å². The summed E-state index contributed by atoms with van der Waals surface area (Å²) < 4.78 is 0. The van der Waals surface area contributed by atoms with Crippen molar-refractivity contribution in [1.82, 2.24) is 10.2 Å². The molecular formula is C18H26N2O2. The fourth-order valence-electron chi connectivity index (χ4n) is 2.70. The third-order valence-electron chi connectivity index (χ3n) is 4.15. The van der Waals surface area contributed by atoms with Gasteiger partial charge in [0.2, 0.25) is 0 Å². The lowest BCUT2D eigenvalue weighted by atomic mass is 9.89. The summed E-state index contributed by atoms with van der Waals surface area (Å²) in [6.45, 7) is 8.18. The fourth-order valence-corrected chi connectivity index (χ4v) is 2.70. The number of aryl methyl sites for hydroxylation is 1. The highest BCUT2D eigenvalue weighted by molar-refractivity contribution is 5.98. The quantitative estimate of drug-likeness (QED) is 0.868. The van der Waals surface area contributed by atoms with Crippen LogP contribution in [0.15, 0.2) is 24.3 Å². The largest absolute Gasteiger partial charge is 0.338 e. The third kappa shape index (κ3) is 4.33. The molecule has 1 saturated heterocycles. The number of carbonyl (C=O) groups is 2. The predicted octanol–water partition coefficient (Wildman–Crippen LogP) is 3.26. The maximum Gasteiger partial charge on any atom is 0.317 e. The Labute approximate surface area is 132 Å². The average molecular weight is 302 g/mol. The van der Waals surface area contributed by atoms with Crippen LogP contribution in [0.5, 0.6) is 0 Å². The van der Waals surface area contributed by atoms with Gasteiger partial charge in [0, 0.05) is 31.1 Å². The summed E-state index contributed by atoms with van der Waals surface area (Å²) in [7, 11) is 0. The van der Waals surface area contributed by atoms with Crippen LogP contribution in [-0.2, 0) is 0 Å². The SMILES string of the molecule is Cc1ccc(C(=O)C2CCN(C(=O)NCC(C)C)CC2)cc1. The number of hydrogen-bond donors (Lipinski definition) is 1. The average Bonchev–Trinajstić information content (AvgIpc) is 2.53. The zero-order valence-electron chi connectivity index (χ0n) is 13.8. The van der Waals surface area contributed by atoms with Crippen LogP contribution in [0.3, 0.4) is 0 Å². The van der Waals surface area contributed by atoms with Gasteiger partial charge in [0.1, 0.15) is 0 Å². The van der Waals surface area contributed by atoms with Crippen molar-refractivity contribution in [2.24, 2.45) is 11.8 Å². The summed E-state index contributed by atoms with van der Waals surface area (Å²) in [5.41, 5.74) is 1.95. The minimum Gasteiger partial charge on any atom is -0.338 e. The molecule has 0 atom stereocenters. The van der Waals surface area contributed by atoms with E-state index in [1.165, 1.54) is 0 Å². The molecule has 1 fully saturated rings. The molecule has 1 aromatic rings. The summed E-state index contributed by atoms with van der Waals surface area (Å²) in [6.07, 6.45) is 1.50. The first-order valence-electron chi connectivity index (χ1n) is 8.11. The van der Waals surface area contributed by atoms with Crippen molar-refractivity contribution in [2.75, 3.05) is 19.6 Å². The van der Waals surface area contributed by atoms with E-state index in [1.807, 2.05) is 36.1 Å². The maximum atomic E-state index is 12.5. The zero-order chi connectivity index (χ0) is 16.1. The van der Waals surface area contributed by atoms with Crippen molar-refractivity contribution in [2.45, 2.75) is 33.6 Å². The van der Waals surface area contributed by atoms with Crippen LogP contribution in [0.4, 0.5) is 4.79 Å². The molecule has 0 bridgehead atoms. The Morgan fingerprint density at radius 1 is 1.18 bits per heavy atom. The van der Waals surface area contributed by atoms with Crippen LogP contribution in [0.25, 0.3) is 0 Å². The number of Topliss-reactive ketones (excluding diaryl/α,β-unsaturated/α-hetero) is 1. The molecule has 2 rings (SSSR count). The van der Waals surface area contributed by atoms with E-state index < -0.39 is 0 Å². The van der Waals surface area contributed by atoms with Crippen LogP contribution in [0.1, 0.15) is 42.6 Å². The van der Waals surface area contributed by atoms with Gasteiger partial charge in [0.25, 0.3) is 0 Å². The highest BCUT2D eigenvalue weighted by Crippen LogP contribution is 2.22. The number of piperidine rings is 1. The van der Waals surface area contributed by atoms with Crippen molar-refractivity contribution in [1.29, 1.82) is 0 Å². The Morgan fingerprint density at radius 3 is 2.32 bits per heavy atom. The first-order valence-corrected chi connectivity index (χ1v) is 8.11. The van der Waals surface area contributed by atoms with E-state index in [1.54, 1.807) is 0 Å². The highest BCUT2D eigenvalue weighted by atomic mass is 16.2. The van der Waals surface area contributed by atoms with Crippen LogP contribution in [0.2, 0.25) is 0 Å². The second-order valence-electron chi connectivity index (χ2n) is 6.57. The van der Waals surface area contributed by atoms with Crippen LogP contribution in [-0.4, -0.2) is 36.3 Å². The Morgan fingerprint density at radius 2 is 1.77 bits per heavy atom. The van der Waals surface area contributed by atoms with E-state index in [-0.39, 0.29) is 17.7 Å². The molecule has 0 radical (unpaired) electrons. The highest BCUT2D eigenvalue weighted by Gasteiger charge is 2.27. The molecule has 1 aliphatic rings. The lowest BCUT2D eigenvalue weighted by Crippen LogP contribution is -2.46. The van der Waals surface area contributed by atoms with E-state index in [2.05, 4.69) is 19.2 Å². The van der Waals surface area contributed by atoms with E-state index in [9.17, 15) is 9.59 Å². The first kappa shape index (κ1) is 16.5. The number of ketones is 1. The standard InChI is InChI=1S/C18H26N2O2/c1-13(2)12-19-18(22)20-10-8-16(9-11-20)17(21)15-6-4-14(3)5-7-15/h4-7,13,16H,8-12H2,1-3H3,(H,19,22). The molecule has 0 unspecified atom stereocenters. The van der Waals surface area contributed by atoms with Gasteiger partial charge in [-0.15, -0.1) is 0 Å². The zero-order valence-corrected chi connectivity index (χ0v) is 13.8. The first-order chi connectivity index (χ1) is 10.5. The summed E-state index contributed by atoms with van der Waals surface area (Å²) >= 11 is 0. The van der Waals surface area contributed by atoms with Gasteiger partial charge in [-0.2, -0.15) is 0 Å². The summed E-state index contributed by atoms with van der Waals surface area (Å²) in [5.74, 6) is 0.698. The molecule has 0 saturated carbocycles. The number of nitrogens with one attached hydrogen (secondary N) is 1. The Kier molecular flexibility index (Phi) is 5.58. The van der Waals surface area contributed by atoms with Crippen molar-refractivity contribution in [3.8, 4) is 0 Å². The Balaban J connectivity index is 1.85. The van der Waals surface area contributed by atoms with Crippen molar-refractivity contribution in [3.63, 3.8) is 0 Å². The number of benzene rings is 1. The fraction of sp³-hybridized carbons (Fsp3) is 0.556. The number of rotatable bonds is 4. The molecule has 2 amide bonds. The molecule has 0 aromatic heterocycles. The van der Waals surface area contributed by atoms with E-state index in [4.69, 9.17) is 0 Å². The molecule has 22 heavy (non-hydrogen) atoms. The van der Waals surface area contributed by atoms with Gasteiger partial charge in [0.15, 0.2) is 5.78 Å². The van der Waals surface area contributed by atoms with Gasteiger partial charge >= 0.3 is 6.03 Å². The van der Waals surface area contributed by atoms with Gasteiger partial charge in [-0.1, -0.05) is 43.7 Å². The number of carbonyl (C=O) groups excluding carboxylic acids is 2. The van der Waals surface area contributed by atoms with E-state index in [0.29, 0.717) is 25.6 Å². The molecule has 4 heteroatoms. The van der Waals surface area contributed by atoms with Gasteiger partial charge in [0.05, 0.1) is 0 Å². The molecular weight excluding hydrogens is 276 g/mol. The monoisotopic (exact) mass is 302 g/mol. The number of hydrogen-bond acceptors (Lipinski definition) is 2. The molecule has 1 aromatic carbocycles. The minimum absolute atomic E-state index is 0.00469. The Hall–Kier alpha value is -1.84. The molecule has 120 valence electrons. The van der Waals surface area contributed by atoms with Crippen molar-refractivity contribution >= 4 is 11.8 Å². The van der Waals surface area contributed by atoms with E-state index in [0.717, 1.165) is 24.0 Å². The van der Waals surface area contributed by atoms with Crippen LogP contribution in [0, 0.1) is 18.8 Å². The van der Waals surface area contributed by atoms with E-state index >= 15 is 0 Å². The second-order valence-corrected chi connectivity index (χ2v) is 6.57. The van der Waals surface area contributed by atoms with Crippen LogP contribution < -0.4 is 5.32 Å². The lowest BCUT2D eigenvalue weighted by molar-refractivity contribution is 0.0854. The third-order valence-corrected chi connectivity index (χ3v) is 4.15. The molecule has 4 nitrogen and oxygen atoms in total. The molecule has 1 N–H and O–H groups in total. The minimum atomic E-state index is -0.00469. The topological polar surface area (TPSA) is 49.4 Å². The van der Waals surface area contributed by atoms with Gasteiger partial charge in [-0.25, -0.2) is 4.79 Å². The molecule has 0 spiro atoms. The number of nitrogens with zero attached hydrogens (tertiary/aromatic N) is 1. The normalized spacial score (nSPS) is 15.9. The van der Waals surface area contributed by atoms with Crippen molar-refractivity contribution in [3.05, 3.63) is 35.4 Å². The second kappa shape index (κ2) is 7.43. The molecule has 0 aliphatic carbocycles. The lowest BCUT2D eigenvalue weighted by Gasteiger charge is -2.31. The summed E-state index contributed by atoms with van der Waals surface area (Å²) in [5, 5.41) is 2.94. The van der Waals surface area contributed by atoms with Crippen molar-refractivity contribution < 1.29 is 9.59 Å². The van der Waals surface area contributed by atoms with Gasteiger partial charge < -0.3 is 10.2 Å². The predicted molar refractivity (Wildman–Crippen MR) is 88.0 cm³/mol. The Bertz CT molecular complexity index is 514. The van der Waals surface area contributed by atoms with Gasteiger partial charge in [-0.3, -0.25) is 4.79 Å². The number of urea groups is 1.